The minimum Gasteiger partial charge on any atom is -0.454 e. The molecule has 1 aliphatic rings. The van der Waals surface area contributed by atoms with Crippen LogP contribution in [0.1, 0.15) is 6.42 Å². The number of fused-ring (bicyclic) bond motifs is 1. The summed E-state index contributed by atoms with van der Waals surface area (Å²) in [5.41, 5.74) is 0.520. The Hall–Kier alpha value is -3.09. The number of hydrogen-bond donors (Lipinski definition) is 2. The third kappa shape index (κ3) is 3.57. The fourth-order valence-electron chi connectivity index (χ4n) is 2.08. The van der Waals surface area contributed by atoms with E-state index < -0.39 is 24.1 Å². The van der Waals surface area contributed by atoms with Gasteiger partial charge in [-0.1, -0.05) is 12.1 Å². The van der Waals surface area contributed by atoms with E-state index in [0.29, 0.717) is 17.2 Å². The lowest BCUT2D eigenvalue weighted by molar-refractivity contribution is -0.123. The van der Waals surface area contributed by atoms with Crippen molar-refractivity contribution in [3.8, 4) is 11.5 Å². The zero-order valence-electron chi connectivity index (χ0n) is 12.0. The van der Waals surface area contributed by atoms with Gasteiger partial charge in [-0.2, -0.15) is 0 Å². The normalized spacial score (nSPS) is 11.9. The second kappa shape index (κ2) is 6.35. The highest BCUT2D eigenvalue weighted by molar-refractivity contribution is 6.08. The Morgan fingerprint density at radius 1 is 1.00 bits per heavy atom. The van der Waals surface area contributed by atoms with E-state index in [1.807, 2.05) is 0 Å². The standard InChI is InChI=1S/C16H13FN2O4/c17-11-3-1-2-4-12(11)19-16(21)8-15(20)18-10-5-6-13-14(7-10)23-9-22-13/h1-7H,8-9H2,(H,18,20)(H,19,21). The molecule has 0 fully saturated rings. The first kappa shape index (κ1) is 14.8. The van der Waals surface area contributed by atoms with Crippen molar-refractivity contribution < 1.29 is 23.5 Å². The van der Waals surface area contributed by atoms with Gasteiger partial charge in [0, 0.05) is 11.8 Å². The van der Waals surface area contributed by atoms with Gasteiger partial charge in [-0.15, -0.1) is 0 Å². The van der Waals surface area contributed by atoms with E-state index in [2.05, 4.69) is 10.6 Å². The Bertz CT molecular complexity index is 763. The Morgan fingerprint density at radius 3 is 2.57 bits per heavy atom. The number of carbonyl (C=O) groups excluding carboxylic acids is 2. The van der Waals surface area contributed by atoms with E-state index in [0.717, 1.165) is 0 Å². The summed E-state index contributed by atoms with van der Waals surface area (Å²) in [5, 5.41) is 4.92. The SMILES string of the molecule is O=C(CC(=O)Nc1ccccc1F)Nc1ccc2c(c1)OCO2. The molecule has 0 saturated heterocycles. The number of nitrogens with one attached hydrogen (secondary N) is 2. The summed E-state index contributed by atoms with van der Waals surface area (Å²) in [5.74, 6) is -0.554. The van der Waals surface area contributed by atoms with E-state index in [4.69, 9.17) is 9.47 Å². The van der Waals surface area contributed by atoms with E-state index >= 15 is 0 Å². The fraction of sp³-hybridized carbons (Fsp3) is 0.125. The molecule has 2 N–H and O–H groups in total. The molecule has 0 atom stereocenters. The van der Waals surface area contributed by atoms with Crippen LogP contribution in [0.15, 0.2) is 42.5 Å². The monoisotopic (exact) mass is 316 g/mol. The van der Waals surface area contributed by atoms with E-state index in [-0.39, 0.29) is 12.5 Å². The van der Waals surface area contributed by atoms with Crippen LogP contribution in [-0.2, 0) is 9.59 Å². The quantitative estimate of drug-likeness (QED) is 0.850. The molecule has 0 saturated carbocycles. The highest BCUT2D eigenvalue weighted by Gasteiger charge is 2.15. The van der Waals surface area contributed by atoms with Gasteiger partial charge in [0.05, 0.1) is 5.69 Å². The van der Waals surface area contributed by atoms with Gasteiger partial charge in [-0.05, 0) is 24.3 Å². The number of para-hydroxylation sites is 1. The second-order valence-electron chi connectivity index (χ2n) is 4.82. The Kier molecular flexibility index (Phi) is 4.09. The van der Waals surface area contributed by atoms with Gasteiger partial charge < -0.3 is 20.1 Å². The lowest BCUT2D eigenvalue weighted by atomic mass is 10.2. The molecule has 2 aromatic carbocycles. The maximum absolute atomic E-state index is 13.4. The number of halogens is 1. The molecule has 0 radical (unpaired) electrons. The van der Waals surface area contributed by atoms with Crippen LogP contribution in [0.2, 0.25) is 0 Å². The number of anilines is 2. The van der Waals surface area contributed by atoms with Crippen LogP contribution in [0.25, 0.3) is 0 Å². The lowest BCUT2D eigenvalue weighted by Gasteiger charge is -2.08. The molecule has 1 heterocycles. The number of hydrogen-bond acceptors (Lipinski definition) is 4. The smallest absolute Gasteiger partial charge is 0.233 e. The molecular weight excluding hydrogens is 303 g/mol. The van der Waals surface area contributed by atoms with Crippen molar-refractivity contribution in [3.63, 3.8) is 0 Å². The van der Waals surface area contributed by atoms with Crippen LogP contribution in [0, 0.1) is 5.82 Å². The fourth-order valence-corrected chi connectivity index (χ4v) is 2.08. The molecule has 118 valence electrons. The molecule has 0 spiro atoms. The van der Waals surface area contributed by atoms with E-state index in [1.165, 1.54) is 18.2 Å². The highest BCUT2D eigenvalue weighted by atomic mass is 19.1. The molecule has 2 amide bonds. The van der Waals surface area contributed by atoms with Crippen molar-refractivity contribution >= 4 is 23.2 Å². The first-order valence-corrected chi connectivity index (χ1v) is 6.86. The van der Waals surface area contributed by atoms with Gasteiger partial charge in [0.1, 0.15) is 12.2 Å². The van der Waals surface area contributed by atoms with Gasteiger partial charge >= 0.3 is 0 Å². The molecule has 0 bridgehead atoms. The van der Waals surface area contributed by atoms with Crippen molar-refractivity contribution in [3.05, 3.63) is 48.3 Å². The number of benzene rings is 2. The van der Waals surface area contributed by atoms with Crippen molar-refractivity contribution in [2.75, 3.05) is 17.4 Å². The number of amides is 2. The van der Waals surface area contributed by atoms with Crippen LogP contribution in [0.5, 0.6) is 11.5 Å². The van der Waals surface area contributed by atoms with Gasteiger partial charge in [-0.3, -0.25) is 9.59 Å². The number of rotatable bonds is 4. The summed E-state index contributed by atoms with van der Waals surface area (Å²) in [6.07, 6.45) is -0.428. The lowest BCUT2D eigenvalue weighted by Crippen LogP contribution is -2.21. The molecule has 23 heavy (non-hydrogen) atoms. The average molecular weight is 316 g/mol. The molecule has 0 aliphatic carbocycles. The summed E-state index contributed by atoms with van der Waals surface area (Å²) in [6, 6.07) is 10.7. The average Bonchev–Trinajstić information content (AvgIpc) is 2.97. The molecular formula is C16H13FN2O4. The molecule has 0 unspecified atom stereocenters. The van der Waals surface area contributed by atoms with Gasteiger partial charge in [-0.25, -0.2) is 4.39 Å². The summed E-state index contributed by atoms with van der Waals surface area (Å²) in [4.78, 5) is 23.6. The first-order chi connectivity index (χ1) is 11.1. The summed E-state index contributed by atoms with van der Waals surface area (Å²) in [6.45, 7) is 0.137. The van der Waals surface area contributed by atoms with E-state index in [1.54, 1.807) is 24.3 Å². The summed E-state index contributed by atoms with van der Waals surface area (Å²) < 4.78 is 23.8. The zero-order chi connectivity index (χ0) is 16.2. The van der Waals surface area contributed by atoms with Crippen LogP contribution in [0.4, 0.5) is 15.8 Å². The molecule has 7 heteroatoms. The third-order valence-corrected chi connectivity index (χ3v) is 3.13. The zero-order valence-corrected chi connectivity index (χ0v) is 12.0. The molecule has 1 aliphatic heterocycles. The van der Waals surface area contributed by atoms with Crippen LogP contribution in [0.3, 0.4) is 0 Å². The minimum atomic E-state index is -0.603. The topological polar surface area (TPSA) is 76.7 Å². The third-order valence-electron chi connectivity index (χ3n) is 3.13. The summed E-state index contributed by atoms with van der Waals surface area (Å²) in [7, 11) is 0. The number of carbonyl (C=O) groups is 2. The van der Waals surface area contributed by atoms with Gasteiger partial charge in [0.2, 0.25) is 18.6 Å². The summed E-state index contributed by atoms with van der Waals surface area (Å²) >= 11 is 0. The van der Waals surface area contributed by atoms with Crippen molar-refractivity contribution in [1.82, 2.24) is 0 Å². The molecule has 6 nitrogen and oxygen atoms in total. The Morgan fingerprint density at radius 2 is 1.74 bits per heavy atom. The van der Waals surface area contributed by atoms with Crippen molar-refractivity contribution in [1.29, 1.82) is 0 Å². The van der Waals surface area contributed by atoms with Crippen molar-refractivity contribution in [2.45, 2.75) is 6.42 Å². The predicted octanol–water partition coefficient (Wildman–Crippen LogP) is 2.52. The maximum Gasteiger partial charge on any atom is 0.233 e. The van der Waals surface area contributed by atoms with Crippen molar-refractivity contribution in [2.24, 2.45) is 0 Å². The molecule has 3 rings (SSSR count). The molecule has 2 aromatic rings. The maximum atomic E-state index is 13.4. The van der Waals surface area contributed by atoms with Crippen LogP contribution < -0.4 is 20.1 Å². The molecule has 0 aromatic heterocycles. The highest BCUT2D eigenvalue weighted by Crippen LogP contribution is 2.34. The Balaban J connectivity index is 1.57. The van der Waals surface area contributed by atoms with Crippen LogP contribution in [-0.4, -0.2) is 18.6 Å². The van der Waals surface area contributed by atoms with Gasteiger partial charge in [0.25, 0.3) is 0 Å². The Labute approximate surface area is 131 Å². The minimum absolute atomic E-state index is 0.0355. The number of ether oxygens (including phenoxy) is 2. The largest absolute Gasteiger partial charge is 0.454 e. The first-order valence-electron chi connectivity index (χ1n) is 6.86. The van der Waals surface area contributed by atoms with Gasteiger partial charge in [0.15, 0.2) is 11.5 Å². The predicted molar refractivity (Wildman–Crippen MR) is 80.8 cm³/mol. The second-order valence-corrected chi connectivity index (χ2v) is 4.82. The van der Waals surface area contributed by atoms with Crippen LogP contribution >= 0.6 is 0 Å². The van der Waals surface area contributed by atoms with E-state index in [9.17, 15) is 14.0 Å².